The minimum Gasteiger partial charge on any atom is -0.349 e. The molecule has 0 aromatic heterocycles. The van der Waals surface area contributed by atoms with Gasteiger partial charge in [0.05, 0.1) is 23.6 Å². The van der Waals surface area contributed by atoms with Gasteiger partial charge in [0.25, 0.3) is 0 Å². The number of nitrogens with one attached hydrogen (secondary N) is 1. The molecular weight excluding hydrogens is 312 g/mol. The van der Waals surface area contributed by atoms with Crippen molar-refractivity contribution >= 4 is 15.7 Å². The Hall–Kier alpha value is -1.40. The lowest BCUT2D eigenvalue weighted by molar-refractivity contribution is -0.123. The molecule has 1 N–H and O–H groups in total. The summed E-state index contributed by atoms with van der Waals surface area (Å²) in [7, 11) is -1.12. The molecule has 128 valence electrons. The fraction of sp³-hybridized carbons (Fsp3) is 0.588. The zero-order valence-corrected chi connectivity index (χ0v) is 15.2. The summed E-state index contributed by atoms with van der Waals surface area (Å²) in [5.41, 5.74) is 3.00. The van der Waals surface area contributed by atoms with Crippen molar-refractivity contribution in [1.82, 2.24) is 10.2 Å². The molecule has 1 aliphatic rings. The first-order valence-electron chi connectivity index (χ1n) is 7.85. The third kappa shape index (κ3) is 5.04. The maximum atomic E-state index is 12.2. The molecule has 0 bridgehead atoms. The molecule has 6 heteroatoms. The second kappa shape index (κ2) is 6.61. The van der Waals surface area contributed by atoms with Crippen LogP contribution >= 0.6 is 0 Å². The fourth-order valence-corrected chi connectivity index (χ4v) is 5.19. The number of likely N-dealkylation sites (N-methyl/N-ethyl adjacent to an activating group) is 1. The van der Waals surface area contributed by atoms with Crippen LogP contribution in [-0.2, 0) is 21.2 Å². The van der Waals surface area contributed by atoms with Crippen molar-refractivity contribution in [2.45, 2.75) is 39.3 Å². The lowest BCUT2D eigenvalue weighted by Gasteiger charge is -2.26. The summed E-state index contributed by atoms with van der Waals surface area (Å²) in [6.07, 6.45) is 0.488. The Morgan fingerprint density at radius 2 is 2.04 bits per heavy atom. The van der Waals surface area contributed by atoms with E-state index in [1.807, 2.05) is 11.9 Å². The Morgan fingerprint density at radius 3 is 2.61 bits per heavy atom. The maximum Gasteiger partial charge on any atom is 0.234 e. The van der Waals surface area contributed by atoms with Crippen molar-refractivity contribution in [3.05, 3.63) is 34.9 Å². The highest BCUT2D eigenvalue weighted by atomic mass is 32.2. The van der Waals surface area contributed by atoms with Gasteiger partial charge in [-0.15, -0.1) is 0 Å². The molecule has 0 radical (unpaired) electrons. The molecule has 23 heavy (non-hydrogen) atoms. The van der Waals surface area contributed by atoms with E-state index in [4.69, 9.17) is 0 Å². The lowest BCUT2D eigenvalue weighted by atomic mass is 10.0. The largest absolute Gasteiger partial charge is 0.349 e. The van der Waals surface area contributed by atoms with Gasteiger partial charge in [0, 0.05) is 6.54 Å². The number of carbonyl (C=O) groups excluding carboxylic acids is 1. The smallest absolute Gasteiger partial charge is 0.234 e. The first-order chi connectivity index (χ1) is 10.6. The minimum absolute atomic E-state index is 0.0343. The quantitative estimate of drug-likeness (QED) is 0.882. The van der Waals surface area contributed by atoms with Crippen molar-refractivity contribution in [3.8, 4) is 0 Å². The van der Waals surface area contributed by atoms with Crippen LogP contribution in [0, 0.1) is 13.8 Å². The van der Waals surface area contributed by atoms with E-state index in [9.17, 15) is 13.2 Å². The molecule has 1 atom stereocenters. The highest BCUT2D eigenvalue weighted by Crippen LogP contribution is 2.22. The number of amides is 1. The van der Waals surface area contributed by atoms with Crippen LogP contribution in [-0.4, -0.2) is 49.9 Å². The highest BCUT2D eigenvalue weighted by Gasteiger charge is 2.39. The molecule has 1 aromatic carbocycles. The summed E-state index contributed by atoms with van der Waals surface area (Å²) in [6, 6.07) is 6.29. The average Bonchev–Trinajstić information content (AvgIpc) is 2.66. The van der Waals surface area contributed by atoms with Gasteiger partial charge >= 0.3 is 0 Å². The molecule has 0 unspecified atom stereocenters. The van der Waals surface area contributed by atoms with Gasteiger partial charge in [-0.2, -0.15) is 0 Å². The second-order valence-electron chi connectivity index (χ2n) is 7.05. The van der Waals surface area contributed by atoms with Crippen LogP contribution in [0.1, 0.15) is 30.0 Å². The van der Waals surface area contributed by atoms with E-state index in [0.717, 1.165) is 0 Å². The third-order valence-electron chi connectivity index (χ3n) is 4.30. The number of hydrogen-bond donors (Lipinski definition) is 1. The molecule has 0 saturated carbocycles. The van der Waals surface area contributed by atoms with Crippen molar-refractivity contribution in [2.24, 2.45) is 0 Å². The molecule has 1 aromatic rings. The van der Waals surface area contributed by atoms with Gasteiger partial charge in [-0.25, -0.2) is 8.42 Å². The van der Waals surface area contributed by atoms with E-state index in [2.05, 4.69) is 37.4 Å². The SMILES string of the molecule is Cc1ccc(CN(C)CC(=O)N[C@]2(C)CCS(=O)(=O)C2)c(C)c1. The number of nitrogens with zero attached hydrogens (tertiary/aromatic N) is 1. The zero-order chi connectivity index (χ0) is 17.3. The number of hydrogen-bond acceptors (Lipinski definition) is 4. The Bertz CT molecular complexity index is 700. The number of benzene rings is 1. The standard InChI is InChI=1S/C17H26N2O3S/c1-13-5-6-15(14(2)9-13)10-19(4)11-16(20)18-17(3)7-8-23(21,22)12-17/h5-6,9H,7-8,10-12H2,1-4H3,(H,18,20)/t17-/m1/s1. The summed E-state index contributed by atoms with van der Waals surface area (Å²) in [5, 5.41) is 2.89. The zero-order valence-electron chi connectivity index (χ0n) is 14.3. The van der Waals surface area contributed by atoms with Crippen LogP contribution in [0.4, 0.5) is 0 Å². The topological polar surface area (TPSA) is 66.5 Å². The summed E-state index contributed by atoms with van der Waals surface area (Å²) < 4.78 is 23.2. The van der Waals surface area contributed by atoms with E-state index in [0.29, 0.717) is 13.0 Å². The van der Waals surface area contributed by atoms with Crippen molar-refractivity contribution in [2.75, 3.05) is 25.1 Å². The van der Waals surface area contributed by atoms with Crippen molar-refractivity contribution < 1.29 is 13.2 Å². The fourth-order valence-electron chi connectivity index (χ4n) is 3.10. The van der Waals surface area contributed by atoms with Crippen LogP contribution < -0.4 is 5.32 Å². The van der Waals surface area contributed by atoms with Crippen LogP contribution in [0.25, 0.3) is 0 Å². The van der Waals surface area contributed by atoms with Crippen molar-refractivity contribution in [3.63, 3.8) is 0 Å². The third-order valence-corrected chi connectivity index (χ3v) is 6.20. The van der Waals surface area contributed by atoms with Gasteiger partial charge in [-0.1, -0.05) is 23.8 Å². The molecule has 0 aliphatic carbocycles. The first-order valence-corrected chi connectivity index (χ1v) is 9.67. The van der Waals surface area contributed by atoms with Crippen molar-refractivity contribution in [1.29, 1.82) is 0 Å². The van der Waals surface area contributed by atoms with Gasteiger partial charge < -0.3 is 5.32 Å². The molecular formula is C17H26N2O3S. The molecule has 1 aliphatic heterocycles. The van der Waals surface area contributed by atoms with E-state index in [1.165, 1.54) is 16.7 Å². The van der Waals surface area contributed by atoms with Gasteiger partial charge in [-0.3, -0.25) is 9.69 Å². The summed E-state index contributed by atoms with van der Waals surface area (Å²) in [4.78, 5) is 14.2. The summed E-state index contributed by atoms with van der Waals surface area (Å²) in [6.45, 7) is 6.88. The van der Waals surface area contributed by atoms with E-state index >= 15 is 0 Å². The van der Waals surface area contributed by atoms with E-state index in [1.54, 1.807) is 6.92 Å². The maximum absolute atomic E-state index is 12.2. The van der Waals surface area contributed by atoms with E-state index in [-0.39, 0.29) is 24.0 Å². The van der Waals surface area contributed by atoms with Gasteiger partial charge in [0.2, 0.25) is 5.91 Å². The second-order valence-corrected chi connectivity index (χ2v) is 9.24. The lowest BCUT2D eigenvalue weighted by Crippen LogP contribution is -2.49. The molecule has 2 rings (SSSR count). The molecule has 0 spiro atoms. The number of aryl methyl sites for hydroxylation is 2. The van der Waals surface area contributed by atoms with Crippen LogP contribution in [0.15, 0.2) is 18.2 Å². The van der Waals surface area contributed by atoms with Crippen LogP contribution in [0.2, 0.25) is 0 Å². The molecule has 5 nitrogen and oxygen atoms in total. The average molecular weight is 338 g/mol. The van der Waals surface area contributed by atoms with Gasteiger partial charge in [0.15, 0.2) is 9.84 Å². The number of sulfone groups is 1. The van der Waals surface area contributed by atoms with Crippen LogP contribution in [0.5, 0.6) is 0 Å². The predicted molar refractivity (Wildman–Crippen MR) is 92.1 cm³/mol. The Morgan fingerprint density at radius 1 is 1.35 bits per heavy atom. The predicted octanol–water partition coefficient (Wildman–Crippen LogP) is 1.43. The Labute approximate surface area is 139 Å². The Balaban J connectivity index is 1.90. The molecule has 1 heterocycles. The normalized spacial score (nSPS) is 23.2. The highest BCUT2D eigenvalue weighted by molar-refractivity contribution is 7.91. The van der Waals surface area contributed by atoms with Gasteiger partial charge in [0.1, 0.15) is 0 Å². The molecule has 1 fully saturated rings. The Kier molecular flexibility index (Phi) is 5.16. The van der Waals surface area contributed by atoms with Gasteiger partial charge in [-0.05, 0) is 45.4 Å². The van der Waals surface area contributed by atoms with E-state index < -0.39 is 15.4 Å². The first kappa shape index (κ1) is 17.9. The summed E-state index contributed by atoms with van der Waals surface area (Å²) >= 11 is 0. The minimum atomic E-state index is -3.01. The molecule has 1 amide bonds. The molecule has 1 saturated heterocycles. The summed E-state index contributed by atoms with van der Waals surface area (Å²) in [5.74, 6) is 0.0613. The monoisotopic (exact) mass is 338 g/mol. The number of carbonyl (C=O) groups is 1. The number of rotatable bonds is 5. The van der Waals surface area contributed by atoms with Crippen LogP contribution in [0.3, 0.4) is 0 Å².